The van der Waals surface area contributed by atoms with Gasteiger partial charge in [-0.1, -0.05) is 39.0 Å². The van der Waals surface area contributed by atoms with E-state index in [1.54, 1.807) is 41.3 Å². The molecule has 3 rings (SSSR count). The zero-order valence-electron chi connectivity index (χ0n) is 14.4. The smallest absolute Gasteiger partial charge is 0.417 e. The lowest BCUT2D eigenvalue weighted by molar-refractivity contribution is 0.204. The molecule has 0 radical (unpaired) electrons. The van der Waals surface area contributed by atoms with Crippen LogP contribution in [0.1, 0.15) is 26.5 Å². The van der Waals surface area contributed by atoms with E-state index in [2.05, 4.69) is 10.1 Å². The normalized spacial score (nSPS) is 11.3. The molecule has 0 unspecified atom stereocenters. The topological polar surface area (TPSA) is 71.2 Å². The third kappa shape index (κ3) is 3.38. The van der Waals surface area contributed by atoms with Gasteiger partial charge in [0, 0.05) is 23.9 Å². The predicted octanol–water partition coefficient (Wildman–Crippen LogP) is 4.38. The van der Waals surface area contributed by atoms with Gasteiger partial charge in [-0.15, -0.1) is 0 Å². The summed E-state index contributed by atoms with van der Waals surface area (Å²) in [6, 6.07) is 14.4. The highest BCUT2D eigenvalue weighted by atomic mass is 16.4. The molecule has 2 heterocycles. The number of amides is 1. The van der Waals surface area contributed by atoms with Crippen LogP contribution in [0.3, 0.4) is 0 Å². The molecule has 0 fully saturated rings. The number of nitrogens with zero attached hydrogens (tertiary/aromatic N) is 4. The number of carboxylic acid groups (broad SMARTS) is 1. The van der Waals surface area contributed by atoms with Crippen molar-refractivity contribution < 1.29 is 9.90 Å². The third-order valence-electron chi connectivity index (χ3n) is 3.80. The van der Waals surface area contributed by atoms with Crippen LogP contribution < -0.4 is 4.90 Å². The molecular formula is C19H20N4O2. The van der Waals surface area contributed by atoms with E-state index >= 15 is 0 Å². The molecule has 3 aromatic rings. The van der Waals surface area contributed by atoms with E-state index in [-0.39, 0.29) is 5.41 Å². The molecule has 1 aromatic carbocycles. The average molecular weight is 336 g/mol. The first-order valence-corrected chi connectivity index (χ1v) is 7.97. The molecule has 6 nitrogen and oxygen atoms in total. The maximum Gasteiger partial charge on any atom is 0.417 e. The summed E-state index contributed by atoms with van der Waals surface area (Å²) in [5.41, 5.74) is 1.91. The second-order valence-corrected chi connectivity index (χ2v) is 6.71. The Balaban J connectivity index is 2.22. The van der Waals surface area contributed by atoms with Gasteiger partial charge in [0.15, 0.2) is 0 Å². The summed E-state index contributed by atoms with van der Waals surface area (Å²) in [4.78, 5) is 17.3. The highest BCUT2D eigenvalue weighted by molar-refractivity contribution is 5.94. The van der Waals surface area contributed by atoms with Gasteiger partial charge in [0.05, 0.1) is 17.1 Å². The standard InChI is InChI=1S/C19H20N4O2/c1-19(2,3)16-13-17(23(21-16)15-9-11-20-12-10-15)22(18(24)25)14-7-5-4-6-8-14/h4-13H,1-3H3,(H,24,25). The van der Waals surface area contributed by atoms with E-state index < -0.39 is 6.09 Å². The molecule has 0 bridgehead atoms. The molecule has 0 atom stereocenters. The fourth-order valence-corrected chi connectivity index (χ4v) is 2.49. The Labute approximate surface area is 146 Å². The van der Waals surface area contributed by atoms with E-state index in [1.165, 1.54) is 4.90 Å². The number of carbonyl (C=O) groups is 1. The van der Waals surface area contributed by atoms with Gasteiger partial charge in [-0.25, -0.2) is 14.4 Å². The van der Waals surface area contributed by atoms with Gasteiger partial charge in [0.25, 0.3) is 0 Å². The van der Waals surface area contributed by atoms with E-state index in [1.807, 2.05) is 45.0 Å². The van der Waals surface area contributed by atoms with Crippen molar-refractivity contribution in [3.8, 4) is 5.69 Å². The van der Waals surface area contributed by atoms with Crippen LogP contribution in [0.25, 0.3) is 5.69 Å². The number of anilines is 2. The number of hydrogen-bond acceptors (Lipinski definition) is 3. The molecule has 0 aliphatic heterocycles. The Morgan fingerprint density at radius 2 is 1.72 bits per heavy atom. The first-order chi connectivity index (χ1) is 11.9. The first-order valence-electron chi connectivity index (χ1n) is 7.97. The lowest BCUT2D eigenvalue weighted by Gasteiger charge is -2.20. The van der Waals surface area contributed by atoms with Crippen molar-refractivity contribution in [3.05, 3.63) is 66.6 Å². The SMILES string of the molecule is CC(C)(C)c1cc(N(C(=O)O)c2ccccc2)n(-c2ccncc2)n1. The van der Waals surface area contributed by atoms with Crippen molar-refractivity contribution in [2.75, 3.05) is 4.90 Å². The molecule has 6 heteroatoms. The second-order valence-electron chi connectivity index (χ2n) is 6.71. The summed E-state index contributed by atoms with van der Waals surface area (Å²) in [6.07, 6.45) is 2.25. The van der Waals surface area contributed by atoms with E-state index in [4.69, 9.17) is 0 Å². The lowest BCUT2D eigenvalue weighted by atomic mass is 9.92. The van der Waals surface area contributed by atoms with Gasteiger partial charge in [0.1, 0.15) is 5.82 Å². The van der Waals surface area contributed by atoms with Crippen molar-refractivity contribution in [3.63, 3.8) is 0 Å². The number of rotatable bonds is 3. The Bertz CT molecular complexity index is 867. The molecule has 25 heavy (non-hydrogen) atoms. The van der Waals surface area contributed by atoms with E-state index in [9.17, 15) is 9.90 Å². The number of benzene rings is 1. The Hall–Kier alpha value is -3.15. The first kappa shape index (κ1) is 16.7. The molecule has 0 saturated heterocycles. The number of aromatic nitrogens is 3. The van der Waals surface area contributed by atoms with Crippen molar-refractivity contribution in [1.29, 1.82) is 0 Å². The van der Waals surface area contributed by atoms with Gasteiger partial charge in [-0.05, 0) is 24.3 Å². The zero-order valence-corrected chi connectivity index (χ0v) is 14.4. The maximum absolute atomic E-state index is 12.0. The summed E-state index contributed by atoms with van der Waals surface area (Å²) < 4.78 is 1.64. The van der Waals surface area contributed by atoms with Crippen LogP contribution in [0.2, 0.25) is 0 Å². The Morgan fingerprint density at radius 1 is 1.08 bits per heavy atom. The molecular weight excluding hydrogens is 316 g/mol. The molecule has 2 aromatic heterocycles. The van der Waals surface area contributed by atoms with Crippen molar-refractivity contribution in [1.82, 2.24) is 14.8 Å². The highest BCUT2D eigenvalue weighted by Gasteiger charge is 2.27. The van der Waals surface area contributed by atoms with Crippen LogP contribution in [-0.4, -0.2) is 26.0 Å². The van der Waals surface area contributed by atoms with Crippen LogP contribution in [-0.2, 0) is 5.41 Å². The largest absolute Gasteiger partial charge is 0.464 e. The molecule has 0 saturated carbocycles. The summed E-state index contributed by atoms with van der Waals surface area (Å²) in [5.74, 6) is 0.467. The van der Waals surface area contributed by atoms with Gasteiger partial charge < -0.3 is 5.11 Å². The molecule has 1 amide bonds. The summed E-state index contributed by atoms with van der Waals surface area (Å²) >= 11 is 0. The molecule has 0 aliphatic rings. The highest BCUT2D eigenvalue weighted by Crippen LogP contribution is 2.32. The van der Waals surface area contributed by atoms with Crippen molar-refractivity contribution in [2.24, 2.45) is 0 Å². The third-order valence-corrected chi connectivity index (χ3v) is 3.80. The molecule has 128 valence electrons. The summed E-state index contributed by atoms with van der Waals surface area (Å²) in [6.45, 7) is 6.14. The summed E-state index contributed by atoms with van der Waals surface area (Å²) in [5, 5.41) is 14.5. The molecule has 1 N–H and O–H groups in total. The lowest BCUT2D eigenvalue weighted by Crippen LogP contribution is -2.26. The quantitative estimate of drug-likeness (QED) is 0.770. The monoisotopic (exact) mass is 336 g/mol. The minimum absolute atomic E-state index is 0.214. The Morgan fingerprint density at radius 3 is 2.28 bits per heavy atom. The number of para-hydroxylation sites is 1. The van der Waals surface area contributed by atoms with E-state index in [0.29, 0.717) is 11.5 Å². The number of hydrogen-bond donors (Lipinski definition) is 1. The van der Waals surface area contributed by atoms with Gasteiger partial charge in [-0.3, -0.25) is 4.98 Å². The van der Waals surface area contributed by atoms with Crippen LogP contribution in [0.5, 0.6) is 0 Å². The minimum atomic E-state index is -1.07. The Kier molecular flexibility index (Phi) is 4.27. The van der Waals surface area contributed by atoms with Crippen LogP contribution in [0, 0.1) is 0 Å². The fraction of sp³-hybridized carbons (Fsp3) is 0.211. The fourth-order valence-electron chi connectivity index (χ4n) is 2.49. The van der Waals surface area contributed by atoms with Gasteiger partial charge in [0.2, 0.25) is 0 Å². The molecule has 0 spiro atoms. The minimum Gasteiger partial charge on any atom is -0.464 e. The average Bonchev–Trinajstić information content (AvgIpc) is 3.02. The number of pyridine rings is 1. The van der Waals surface area contributed by atoms with Crippen LogP contribution >= 0.6 is 0 Å². The van der Waals surface area contributed by atoms with Crippen molar-refractivity contribution in [2.45, 2.75) is 26.2 Å². The van der Waals surface area contributed by atoms with Crippen LogP contribution in [0.15, 0.2) is 60.9 Å². The van der Waals surface area contributed by atoms with Crippen molar-refractivity contribution >= 4 is 17.6 Å². The second kappa shape index (κ2) is 6.39. The summed E-state index contributed by atoms with van der Waals surface area (Å²) in [7, 11) is 0. The van der Waals surface area contributed by atoms with E-state index in [0.717, 1.165) is 11.4 Å². The van der Waals surface area contributed by atoms with Gasteiger partial charge in [-0.2, -0.15) is 5.10 Å². The molecule has 0 aliphatic carbocycles. The predicted molar refractivity (Wildman–Crippen MR) is 96.7 cm³/mol. The van der Waals surface area contributed by atoms with Crippen LogP contribution in [0.4, 0.5) is 16.3 Å². The zero-order chi connectivity index (χ0) is 18.0. The van der Waals surface area contributed by atoms with Gasteiger partial charge >= 0.3 is 6.09 Å². The maximum atomic E-state index is 12.0.